The Balaban J connectivity index is 1.81. The van der Waals surface area contributed by atoms with Crippen molar-refractivity contribution in [3.8, 4) is 11.4 Å². The van der Waals surface area contributed by atoms with Gasteiger partial charge in [0.2, 0.25) is 16.0 Å². The summed E-state index contributed by atoms with van der Waals surface area (Å²) in [6.07, 6.45) is 1.15. The molecular formula is C15H19F3N6O2S. The Labute approximate surface area is 154 Å². The van der Waals surface area contributed by atoms with Crippen molar-refractivity contribution in [1.82, 2.24) is 23.8 Å². The number of imidazole rings is 1. The third-order valence-electron chi connectivity index (χ3n) is 4.30. The zero-order valence-electron chi connectivity index (χ0n) is 14.7. The van der Waals surface area contributed by atoms with E-state index in [0.29, 0.717) is 25.9 Å². The van der Waals surface area contributed by atoms with Crippen LogP contribution in [0.25, 0.3) is 11.4 Å². The van der Waals surface area contributed by atoms with Crippen molar-refractivity contribution in [2.75, 3.05) is 24.7 Å². The molecule has 0 amide bonds. The molecule has 0 radical (unpaired) electrons. The van der Waals surface area contributed by atoms with Crippen LogP contribution in [0.4, 0.5) is 19.1 Å². The first-order valence-corrected chi connectivity index (χ1v) is 10.0. The van der Waals surface area contributed by atoms with Crippen molar-refractivity contribution < 1.29 is 21.6 Å². The summed E-state index contributed by atoms with van der Waals surface area (Å²) in [6.45, 7) is 0.675. The number of rotatable bonds is 4. The summed E-state index contributed by atoms with van der Waals surface area (Å²) in [5, 5.41) is 3.00. The second kappa shape index (κ2) is 7.08. The summed E-state index contributed by atoms with van der Waals surface area (Å²) in [7, 11) is -1.59. The fourth-order valence-corrected chi connectivity index (χ4v) is 3.78. The van der Waals surface area contributed by atoms with Crippen LogP contribution in [0.15, 0.2) is 18.7 Å². The molecule has 8 nitrogen and oxygen atoms in total. The molecule has 0 aromatic carbocycles. The van der Waals surface area contributed by atoms with E-state index in [1.54, 1.807) is 7.05 Å². The Hall–Kier alpha value is -2.21. The van der Waals surface area contributed by atoms with Crippen LogP contribution in [-0.4, -0.2) is 57.6 Å². The lowest BCUT2D eigenvalue weighted by Crippen LogP contribution is -2.42. The summed E-state index contributed by atoms with van der Waals surface area (Å²) in [6, 6.07) is -0.128. The minimum Gasteiger partial charge on any atom is -0.351 e. The molecule has 1 fully saturated rings. The predicted octanol–water partition coefficient (Wildman–Crippen LogP) is 1.73. The van der Waals surface area contributed by atoms with E-state index in [4.69, 9.17) is 0 Å². The number of halogens is 3. The van der Waals surface area contributed by atoms with Crippen molar-refractivity contribution in [3.63, 3.8) is 0 Å². The highest BCUT2D eigenvalue weighted by Crippen LogP contribution is 2.35. The number of aryl methyl sites for hydroxylation is 1. The number of hydrogen-bond donors (Lipinski definition) is 1. The molecule has 0 bridgehead atoms. The molecule has 1 aliphatic rings. The molecule has 1 saturated heterocycles. The van der Waals surface area contributed by atoms with Gasteiger partial charge in [-0.25, -0.2) is 27.7 Å². The average molecular weight is 404 g/mol. The Morgan fingerprint density at radius 3 is 2.41 bits per heavy atom. The number of hydrogen-bond acceptors (Lipinski definition) is 6. The van der Waals surface area contributed by atoms with Gasteiger partial charge in [0.15, 0.2) is 0 Å². The molecule has 2 aromatic rings. The van der Waals surface area contributed by atoms with Crippen molar-refractivity contribution in [2.45, 2.75) is 25.1 Å². The van der Waals surface area contributed by atoms with E-state index in [2.05, 4.69) is 20.3 Å². The minimum atomic E-state index is -4.60. The second-order valence-electron chi connectivity index (χ2n) is 6.46. The molecule has 0 saturated carbocycles. The summed E-state index contributed by atoms with van der Waals surface area (Å²) in [5.74, 6) is 0.0569. The molecular weight excluding hydrogens is 385 g/mol. The standard InChI is InChI=1S/C15H19F3N6O2S/c1-23-8-12(20-9-23)13-11(15(16,17)18)7-19-14(22-13)21-10-3-5-24(6-4-10)27(2,25)26/h7-10H,3-6H2,1-2H3,(H,19,21,22). The smallest absolute Gasteiger partial charge is 0.351 e. The molecule has 0 spiro atoms. The minimum absolute atomic E-state index is 0.0569. The van der Waals surface area contributed by atoms with Gasteiger partial charge in [0.25, 0.3) is 0 Å². The first-order valence-electron chi connectivity index (χ1n) is 8.18. The van der Waals surface area contributed by atoms with Crippen molar-refractivity contribution in [3.05, 3.63) is 24.3 Å². The van der Waals surface area contributed by atoms with E-state index in [9.17, 15) is 21.6 Å². The summed E-state index contributed by atoms with van der Waals surface area (Å²) in [4.78, 5) is 11.8. The third-order valence-corrected chi connectivity index (χ3v) is 5.60. The lowest BCUT2D eigenvalue weighted by atomic mass is 10.1. The average Bonchev–Trinajstić information content (AvgIpc) is 3.00. The van der Waals surface area contributed by atoms with Crippen LogP contribution in [-0.2, 0) is 23.2 Å². The van der Waals surface area contributed by atoms with Gasteiger partial charge in [0.05, 0.1) is 12.6 Å². The quantitative estimate of drug-likeness (QED) is 0.834. The van der Waals surface area contributed by atoms with Crippen LogP contribution in [0.5, 0.6) is 0 Å². The van der Waals surface area contributed by atoms with Crippen LogP contribution in [0, 0.1) is 0 Å². The van der Waals surface area contributed by atoms with Gasteiger partial charge in [-0.05, 0) is 12.8 Å². The highest BCUT2D eigenvalue weighted by atomic mass is 32.2. The molecule has 1 N–H and O–H groups in total. The molecule has 2 aromatic heterocycles. The van der Waals surface area contributed by atoms with E-state index in [-0.39, 0.29) is 23.4 Å². The van der Waals surface area contributed by atoms with Gasteiger partial charge in [-0.1, -0.05) is 0 Å². The summed E-state index contributed by atoms with van der Waals surface area (Å²) >= 11 is 0. The highest BCUT2D eigenvalue weighted by Gasteiger charge is 2.36. The molecule has 0 aliphatic carbocycles. The third kappa shape index (κ3) is 4.56. The van der Waals surface area contributed by atoms with Gasteiger partial charge in [-0.15, -0.1) is 0 Å². The predicted molar refractivity (Wildman–Crippen MR) is 92.3 cm³/mol. The first kappa shape index (κ1) is 19.5. The van der Waals surface area contributed by atoms with Crippen molar-refractivity contribution in [1.29, 1.82) is 0 Å². The zero-order valence-corrected chi connectivity index (χ0v) is 15.5. The van der Waals surface area contributed by atoms with Gasteiger partial charge in [-0.2, -0.15) is 13.2 Å². The van der Waals surface area contributed by atoms with Crippen LogP contribution in [0.1, 0.15) is 18.4 Å². The second-order valence-corrected chi connectivity index (χ2v) is 8.44. The molecule has 0 unspecified atom stereocenters. The Kier molecular flexibility index (Phi) is 5.12. The van der Waals surface area contributed by atoms with E-state index in [1.165, 1.54) is 21.4 Å². The van der Waals surface area contributed by atoms with Gasteiger partial charge < -0.3 is 9.88 Å². The van der Waals surface area contributed by atoms with E-state index >= 15 is 0 Å². The van der Waals surface area contributed by atoms with Crippen LogP contribution >= 0.6 is 0 Å². The Morgan fingerprint density at radius 2 is 1.89 bits per heavy atom. The lowest BCUT2D eigenvalue weighted by Gasteiger charge is -2.30. The van der Waals surface area contributed by atoms with Crippen LogP contribution in [0.3, 0.4) is 0 Å². The number of nitrogens with one attached hydrogen (secondary N) is 1. The van der Waals surface area contributed by atoms with Crippen LogP contribution in [0.2, 0.25) is 0 Å². The molecule has 148 valence electrons. The number of nitrogens with zero attached hydrogens (tertiary/aromatic N) is 5. The maximum atomic E-state index is 13.3. The van der Waals surface area contributed by atoms with Crippen molar-refractivity contribution >= 4 is 16.0 Å². The number of alkyl halides is 3. The lowest BCUT2D eigenvalue weighted by molar-refractivity contribution is -0.137. The van der Waals surface area contributed by atoms with Gasteiger partial charge in [0, 0.05) is 38.6 Å². The number of aromatic nitrogens is 4. The summed E-state index contributed by atoms with van der Waals surface area (Å²) < 4.78 is 65.9. The number of anilines is 1. The Morgan fingerprint density at radius 1 is 1.22 bits per heavy atom. The van der Waals surface area contributed by atoms with Gasteiger partial charge in [-0.3, -0.25) is 0 Å². The van der Waals surface area contributed by atoms with E-state index < -0.39 is 21.8 Å². The van der Waals surface area contributed by atoms with Gasteiger partial charge >= 0.3 is 6.18 Å². The number of sulfonamides is 1. The van der Waals surface area contributed by atoms with E-state index in [1.807, 2.05) is 0 Å². The molecule has 0 atom stereocenters. The summed E-state index contributed by atoms with van der Waals surface area (Å²) in [5.41, 5.74) is -1.16. The fourth-order valence-electron chi connectivity index (χ4n) is 2.90. The largest absolute Gasteiger partial charge is 0.420 e. The number of piperidine rings is 1. The first-order chi connectivity index (χ1) is 12.5. The molecule has 3 heterocycles. The van der Waals surface area contributed by atoms with Crippen molar-refractivity contribution in [2.24, 2.45) is 7.05 Å². The normalized spacial score (nSPS) is 17.2. The van der Waals surface area contributed by atoms with Crippen LogP contribution < -0.4 is 5.32 Å². The maximum Gasteiger partial charge on any atom is 0.420 e. The molecule has 27 heavy (non-hydrogen) atoms. The van der Waals surface area contributed by atoms with Gasteiger partial charge in [0.1, 0.15) is 17.0 Å². The monoisotopic (exact) mass is 404 g/mol. The molecule has 12 heteroatoms. The fraction of sp³-hybridized carbons (Fsp3) is 0.533. The Bertz CT molecular complexity index is 920. The zero-order chi connectivity index (χ0) is 19.8. The topological polar surface area (TPSA) is 93.0 Å². The highest BCUT2D eigenvalue weighted by molar-refractivity contribution is 7.88. The molecule has 3 rings (SSSR count). The molecule has 1 aliphatic heterocycles. The van der Waals surface area contributed by atoms with E-state index in [0.717, 1.165) is 12.5 Å². The maximum absolute atomic E-state index is 13.3. The SMILES string of the molecule is Cn1cnc(-c2nc(NC3CCN(S(C)(=O)=O)CC3)ncc2C(F)(F)F)c1.